The molecule has 0 saturated carbocycles. The molecule has 13 heavy (non-hydrogen) atoms. The van der Waals surface area contributed by atoms with Gasteiger partial charge in [-0.1, -0.05) is 0 Å². The molecule has 0 heterocycles. The van der Waals surface area contributed by atoms with Gasteiger partial charge in [0.25, 0.3) is 0 Å². The summed E-state index contributed by atoms with van der Waals surface area (Å²) in [5.74, 6) is -2.52. The minimum Gasteiger partial charge on any atom is -0.480 e. The van der Waals surface area contributed by atoms with Gasteiger partial charge in [-0.05, 0) is 12.8 Å². The highest BCUT2D eigenvalue weighted by molar-refractivity contribution is 7.95. The van der Waals surface area contributed by atoms with Crippen molar-refractivity contribution in [2.75, 3.05) is 0 Å². The van der Waals surface area contributed by atoms with E-state index in [9.17, 15) is 13.5 Å². The molecule has 0 fully saturated rings. The summed E-state index contributed by atoms with van der Waals surface area (Å²) in [6.07, 6.45) is -0.146. The first-order chi connectivity index (χ1) is 5.99. The summed E-state index contributed by atoms with van der Waals surface area (Å²) in [5.41, 5.74) is 5.10. The normalized spacial score (nSPS) is 14.9. The Morgan fingerprint density at radius 1 is 1.31 bits per heavy atom. The smallest absolute Gasteiger partial charge is 0.320 e. The molecule has 0 aliphatic carbocycles. The standard InChI is InChI=1S/C6H10FNO4S/c7-13-4(6(11)12)2-1-3(8)5(9)10/h3-4H,1-2,8H2,(H,9,10)(H,11,12). The summed E-state index contributed by atoms with van der Waals surface area (Å²) in [4.78, 5) is 20.5. The molecule has 76 valence electrons. The number of hydrogen-bond acceptors (Lipinski definition) is 4. The maximum atomic E-state index is 11.9. The average Bonchev–Trinajstić information content (AvgIpc) is 2.04. The van der Waals surface area contributed by atoms with E-state index >= 15 is 0 Å². The van der Waals surface area contributed by atoms with E-state index in [0.29, 0.717) is 0 Å². The summed E-state index contributed by atoms with van der Waals surface area (Å²) in [6.45, 7) is 0. The van der Waals surface area contributed by atoms with Crippen LogP contribution in [0.25, 0.3) is 0 Å². The zero-order chi connectivity index (χ0) is 10.4. The lowest BCUT2D eigenvalue weighted by Crippen LogP contribution is -2.31. The molecule has 0 amide bonds. The van der Waals surface area contributed by atoms with Crippen LogP contribution < -0.4 is 5.73 Å². The molecule has 0 aliphatic rings. The molecule has 0 aromatic heterocycles. The Bertz CT molecular complexity index is 201. The Morgan fingerprint density at radius 3 is 2.15 bits per heavy atom. The molecule has 0 aromatic rings. The Hall–Kier alpha value is -0.820. The van der Waals surface area contributed by atoms with Gasteiger partial charge in [0.2, 0.25) is 0 Å². The molecule has 0 aliphatic heterocycles. The van der Waals surface area contributed by atoms with Gasteiger partial charge in [-0.15, -0.1) is 0 Å². The molecule has 0 aromatic carbocycles. The van der Waals surface area contributed by atoms with Crippen molar-refractivity contribution in [3.05, 3.63) is 0 Å². The number of carboxylic acid groups (broad SMARTS) is 2. The minimum atomic E-state index is -1.30. The number of hydrogen-bond donors (Lipinski definition) is 3. The Morgan fingerprint density at radius 2 is 1.85 bits per heavy atom. The summed E-state index contributed by atoms with van der Waals surface area (Å²) < 4.78 is 11.9. The van der Waals surface area contributed by atoms with Gasteiger partial charge in [0.05, 0.1) is 12.1 Å². The van der Waals surface area contributed by atoms with Gasteiger partial charge >= 0.3 is 11.9 Å². The van der Waals surface area contributed by atoms with Gasteiger partial charge in [-0.25, -0.2) is 0 Å². The monoisotopic (exact) mass is 211 g/mol. The first-order valence-electron chi connectivity index (χ1n) is 3.47. The molecule has 5 nitrogen and oxygen atoms in total. The molecule has 0 saturated heterocycles. The number of halogens is 1. The first-order valence-corrected chi connectivity index (χ1v) is 4.25. The van der Waals surface area contributed by atoms with Crippen LogP contribution in [0.2, 0.25) is 0 Å². The molecule has 2 unspecified atom stereocenters. The lowest BCUT2D eigenvalue weighted by atomic mass is 10.1. The SMILES string of the molecule is NC(CCC(SF)C(=O)O)C(=O)O. The number of carbonyl (C=O) groups is 2. The van der Waals surface area contributed by atoms with Gasteiger partial charge < -0.3 is 15.9 Å². The van der Waals surface area contributed by atoms with Crippen molar-refractivity contribution in [2.24, 2.45) is 5.73 Å². The number of aliphatic carboxylic acids is 2. The number of nitrogens with two attached hydrogens (primary N) is 1. The second-order valence-corrected chi connectivity index (χ2v) is 3.19. The quantitative estimate of drug-likeness (QED) is 0.582. The summed E-state index contributed by atoms with van der Waals surface area (Å²) >= 11 is -0.316. The molecule has 7 heteroatoms. The van der Waals surface area contributed by atoms with E-state index in [1.165, 1.54) is 0 Å². The third-order valence-electron chi connectivity index (χ3n) is 1.44. The second-order valence-electron chi connectivity index (χ2n) is 2.44. The fraction of sp³-hybridized carbons (Fsp3) is 0.667. The van der Waals surface area contributed by atoms with E-state index < -0.39 is 23.2 Å². The van der Waals surface area contributed by atoms with Crippen LogP contribution in [0.1, 0.15) is 12.8 Å². The molecule has 2 atom stereocenters. The average molecular weight is 211 g/mol. The van der Waals surface area contributed by atoms with Crippen molar-refractivity contribution < 1.29 is 23.7 Å². The lowest BCUT2D eigenvalue weighted by molar-refractivity contribution is -0.140. The zero-order valence-corrected chi connectivity index (χ0v) is 7.46. The van der Waals surface area contributed by atoms with Gasteiger partial charge in [0.15, 0.2) is 0 Å². The van der Waals surface area contributed by atoms with E-state index in [1.54, 1.807) is 0 Å². The van der Waals surface area contributed by atoms with Crippen molar-refractivity contribution in [1.82, 2.24) is 0 Å². The lowest BCUT2D eigenvalue weighted by Gasteiger charge is -2.08. The zero-order valence-electron chi connectivity index (χ0n) is 6.64. The van der Waals surface area contributed by atoms with Crippen molar-refractivity contribution in [3.63, 3.8) is 0 Å². The highest BCUT2D eigenvalue weighted by Gasteiger charge is 2.21. The molecular weight excluding hydrogens is 201 g/mol. The summed E-state index contributed by atoms with van der Waals surface area (Å²) in [7, 11) is 0. The largest absolute Gasteiger partial charge is 0.480 e. The number of rotatable bonds is 6. The fourth-order valence-corrected chi connectivity index (χ4v) is 0.962. The highest BCUT2D eigenvalue weighted by Crippen LogP contribution is 2.17. The van der Waals surface area contributed by atoms with Gasteiger partial charge in [-0.2, -0.15) is 3.89 Å². The maximum Gasteiger partial charge on any atom is 0.320 e. The van der Waals surface area contributed by atoms with Crippen molar-refractivity contribution >= 4 is 24.1 Å². The summed E-state index contributed by atoms with van der Waals surface area (Å²) in [5, 5.41) is 15.5. The predicted octanol–water partition coefficient (Wildman–Crippen LogP) is 0.249. The summed E-state index contributed by atoms with van der Waals surface area (Å²) in [6, 6.07) is -1.13. The Labute approximate surface area is 78.4 Å². The van der Waals surface area contributed by atoms with Crippen LogP contribution in [0.15, 0.2) is 0 Å². The molecule has 0 rings (SSSR count). The van der Waals surface area contributed by atoms with Crippen LogP contribution in [0.4, 0.5) is 3.89 Å². The number of carboxylic acids is 2. The van der Waals surface area contributed by atoms with Crippen LogP contribution >= 0.6 is 12.1 Å². The van der Waals surface area contributed by atoms with Crippen LogP contribution in [-0.4, -0.2) is 33.4 Å². The molecule has 0 radical (unpaired) electrons. The highest BCUT2D eigenvalue weighted by atomic mass is 32.2. The molecule has 4 N–H and O–H groups in total. The third-order valence-corrected chi connectivity index (χ3v) is 2.09. The van der Waals surface area contributed by atoms with Gasteiger partial charge in [0.1, 0.15) is 11.3 Å². The van der Waals surface area contributed by atoms with Gasteiger partial charge in [-0.3, -0.25) is 9.59 Å². The second kappa shape index (κ2) is 5.76. The fourth-order valence-electron chi connectivity index (χ4n) is 0.661. The van der Waals surface area contributed by atoms with Crippen LogP contribution in [-0.2, 0) is 9.59 Å². The van der Waals surface area contributed by atoms with Crippen LogP contribution in [0.5, 0.6) is 0 Å². The predicted molar refractivity (Wildman–Crippen MR) is 45.0 cm³/mol. The third kappa shape index (κ3) is 4.69. The van der Waals surface area contributed by atoms with Crippen molar-refractivity contribution in [3.8, 4) is 0 Å². The minimum absolute atomic E-state index is 0.0524. The van der Waals surface area contributed by atoms with E-state index in [-0.39, 0.29) is 25.0 Å². The van der Waals surface area contributed by atoms with Gasteiger partial charge in [0, 0.05) is 0 Å². The van der Waals surface area contributed by atoms with Crippen LogP contribution in [0, 0.1) is 0 Å². The van der Waals surface area contributed by atoms with E-state index in [1.807, 2.05) is 0 Å². The molecule has 0 bridgehead atoms. The van der Waals surface area contributed by atoms with Crippen LogP contribution in [0.3, 0.4) is 0 Å². The Balaban J connectivity index is 3.85. The molecule has 0 spiro atoms. The van der Waals surface area contributed by atoms with E-state index in [0.717, 1.165) is 0 Å². The first kappa shape index (κ1) is 12.2. The van der Waals surface area contributed by atoms with E-state index in [2.05, 4.69) is 0 Å². The Kier molecular flexibility index (Phi) is 5.40. The van der Waals surface area contributed by atoms with E-state index in [4.69, 9.17) is 15.9 Å². The van der Waals surface area contributed by atoms with Crippen molar-refractivity contribution in [2.45, 2.75) is 24.1 Å². The topological polar surface area (TPSA) is 101 Å². The molecular formula is C6H10FNO4S. The van der Waals surface area contributed by atoms with Crippen molar-refractivity contribution in [1.29, 1.82) is 0 Å². The maximum absolute atomic E-state index is 11.9.